The number of carbonyl (C=O) groups is 2. The van der Waals surface area contributed by atoms with Gasteiger partial charge >= 0.3 is 0 Å². The molecule has 0 aromatic heterocycles. The number of benzene rings is 2. The van der Waals surface area contributed by atoms with Gasteiger partial charge in [0.15, 0.2) is 6.10 Å². The topological polar surface area (TPSA) is 70.1 Å². The molecule has 0 aliphatic carbocycles. The van der Waals surface area contributed by atoms with Crippen LogP contribution in [0.4, 0.5) is 5.69 Å². The van der Waals surface area contributed by atoms with Crippen molar-refractivity contribution in [2.75, 3.05) is 18.5 Å². The third-order valence-electron chi connectivity index (χ3n) is 4.15. The van der Waals surface area contributed by atoms with Crippen LogP contribution in [0.5, 0.6) is 11.5 Å². The Labute approximate surface area is 146 Å². The van der Waals surface area contributed by atoms with Crippen LogP contribution in [0, 0.1) is 0 Å². The highest BCUT2D eigenvalue weighted by atomic mass is 16.5. The van der Waals surface area contributed by atoms with E-state index >= 15 is 0 Å². The number of para-hydroxylation sites is 2. The number of phenols is 1. The number of carbonyl (C=O) groups excluding carboxylic acids is 2. The van der Waals surface area contributed by atoms with Crippen molar-refractivity contribution in [2.45, 2.75) is 19.6 Å². The van der Waals surface area contributed by atoms with Crippen LogP contribution in [0.25, 0.3) is 0 Å². The largest absolute Gasteiger partial charge is 0.508 e. The first-order valence-electron chi connectivity index (χ1n) is 8.04. The first-order chi connectivity index (χ1) is 12.0. The molecule has 130 valence electrons. The molecule has 2 amide bonds. The third-order valence-corrected chi connectivity index (χ3v) is 4.15. The molecule has 0 saturated heterocycles. The molecule has 2 aromatic carbocycles. The van der Waals surface area contributed by atoms with Crippen LogP contribution in [0.1, 0.15) is 12.5 Å². The van der Waals surface area contributed by atoms with Crippen molar-refractivity contribution in [3.05, 3.63) is 54.1 Å². The Morgan fingerprint density at radius 3 is 2.60 bits per heavy atom. The van der Waals surface area contributed by atoms with E-state index in [-0.39, 0.29) is 24.1 Å². The van der Waals surface area contributed by atoms with Gasteiger partial charge in [-0.1, -0.05) is 24.3 Å². The summed E-state index contributed by atoms with van der Waals surface area (Å²) < 4.78 is 5.58. The van der Waals surface area contributed by atoms with Crippen molar-refractivity contribution in [1.82, 2.24) is 4.90 Å². The second-order valence-corrected chi connectivity index (χ2v) is 6.07. The highest BCUT2D eigenvalue weighted by Crippen LogP contribution is 2.33. The average Bonchev–Trinajstić information content (AvgIpc) is 2.60. The average molecular weight is 340 g/mol. The number of nitrogens with zero attached hydrogens (tertiary/aromatic N) is 2. The lowest BCUT2D eigenvalue weighted by Gasteiger charge is -2.33. The van der Waals surface area contributed by atoms with E-state index in [0.717, 1.165) is 5.56 Å². The number of hydrogen-bond acceptors (Lipinski definition) is 4. The fraction of sp³-hybridized carbons (Fsp3) is 0.263. The van der Waals surface area contributed by atoms with Crippen LogP contribution < -0.4 is 9.64 Å². The molecule has 1 atom stereocenters. The van der Waals surface area contributed by atoms with Gasteiger partial charge in [0.25, 0.3) is 5.91 Å². The minimum absolute atomic E-state index is 0.0435. The van der Waals surface area contributed by atoms with E-state index in [1.165, 1.54) is 4.90 Å². The maximum Gasteiger partial charge on any atom is 0.268 e. The van der Waals surface area contributed by atoms with Crippen molar-refractivity contribution in [1.29, 1.82) is 0 Å². The molecule has 0 radical (unpaired) electrons. The van der Waals surface area contributed by atoms with Gasteiger partial charge in [-0.25, -0.2) is 0 Å². The van der Waals surface area contributed by atoms with Crippen LogP contribution in [0.2, 0.25) is 0 Å². The van der Waals surface area contributed by atoms with Gasteiger partial charge in [0.1, 0.15) is 18.0 Å². The SMILES string of the molecule is CC1Oc2ccccc2N(CC(=O)N(C)Cc2ccc(O)cc2)C1=O. The van der Waals surface area contributed by atoms with Crippen molar-refractivity contribution in [2.24, 2.45) is 0 Å². The summed E-state index contributed by atoms with van der Waals surface area (Å²) in [6.45, 7) is 2.03. The van der Waals surface area contributed by atoms with E-state index in [1.807, 2.05) is 12.1 Å². The van der Waals surface area contributed by atoms with E-state index in [0.29, 0.717) is 18.0 Å². The van der Waals surface area contributed by atoms with E-state index in [1.54, 1.807) is 55.3 Å². The molecule has 0 bridgehead atoms. The number of hydrogen-bond donors (Lipinski definition) is 1. The molecule has 1 aliphatic rings. The number of ether oxygens (including phenoxy) is 1. The van der Waals surface area contributed by atoms with Crippen molar-refractivity contribution in [3.63, 3.8) is 0 Å². The minimum Gasteiger partial charge on any atom is -0.508 e. The zero-order valence-electron chi connectivity index (χ0n) is 14.2. The van der Waals surface area contributed by atoms with Gasteiger partial charge < -0.3 is 14.7 Å². The number of aromatic hydroxyl groups is 1. The van der Waals surface area contributed by atoms with Gasteiger partial charge in [0.2, 0.25) is 5.91 Å². The summed E-state index contributed by atoms with van der Waals surface area (Å²) in [6.07, 6.45) is -0.620. The second-order valence-electron chi connectivity index (χ2n) is 6.07. The molecule has 1 aliphatic heterocycles. The van der Waals surface area contributed by atoms with Crippen LogP contribution in [0.3, 0.4) is 0 Å². The van der Waals surface area contributed by atoms with E-state index in [4.69, 9.17) is 4.74 Å². The highest BCUT2D eigenvalue weighted by molar-refractivity contribution is 6.03. The molecule has 3 rings (SSSR count). The zero-order chi connectivity index (χ0) is 18.0. The molecule has 1 N–H and O–H groups in total. The van der Waals surface area contributed by atoms with Crippen LogP contribution in [-0.4, -0.2) is 41.5 Å². The lowest BCUT2D eigenvalue weighted by Crippen LogP contribution is -2.48. The van der Waals surface area contributed by atoms with Crippen LogP contribution in [0.15, 0.2) is 48.5 Å². The monoisotopic (exact) mass is 340 g/mol. The number of rotatable bonds is 4. The first kappa shape index (κ1) is 16.8. The van der Waals surface area contributed by atoms with Gasteiger partial charge in [0, 0.05) is 13.6 Å². The predicted octanol–water partition coefficient (Wildman–Crippen LogP) is 2.16. The van der Waals surface area contributed by atoms with E-state index < -0.39 is 6.10 Å². The number of amides is 2. The molecule has 0 fully saturated rings. The van der Waals surface area contributed by atoms with Gasteiger partial charge in [0.05, 0.1) is 5.69 Å². The summed E-state index contributed by atoms with van der Waals surface area (Å²) in [7, 11) is 1.69. The van der Waals surface area contributed by atoms with Crippen LogP contribution >= 0.6 is 0 Å². The van der Waals surface area contributed by atoms with Gasteiger partial charge in [-0.05, 0) is 36.8 Å². The van der Waals surface area contributed by atoms with Crippen molar-refractivity contribution in [3.8, 4) is 11.5 Å². The Morgan fingerprint density at radius 2 is 1.88 bits per heavy atom. The quantitative estimate of drug-likeness (QED) is 0.926. The standard InChI is InChI=1S/C19H20N2O4/c1-13-19(24)21(16-5-3-4-6-17(16)25-13)12-18(23)20(2)11-14-7-9-15(22)10-8-14/h3-10,13,22H,11-12H2,1-2H3. The molecule has 0 saturated carbocycles. The molecular weight excluding hydrogens is 320 g/mol. The normalized spacial score (nSPS) is 16.2. The van der Waals surface area contributed by atoms with Gasteiger partial charge in [-0.15, -0.1) is 0 Å². The summed E-state index contributed by atoms with van der Waals surface area (Å²) in [5.41, 5.74) is 1.51. The van der Waals surface area contributed by atoms with Gasteiger partial charge in [-0.2, -0.15) is 0 Å². The number of likely N-dealkylation sites (N-methyl/N-ethyl adjacent to an activating group) is 1. The second kappa shape index (κ2) is 6.84. The molecule has 1 unspecified atom stereocenters. The minimum atomic E-state index is -0.620. The fourth-order valence-corrected chi connectivity index (χ4v) is 2.74. The maximum absolute atomic E-state index is 12.6. The number of fused-ring (bicyclic) bond motifs is 1. The molecule has 6 heteroatoms. The molecule has 2 aromatic rings. The van der Waals surface area contributed by atoms with E-state index in [2.05, 4.69) is 0 Å². The Bertz CT molecular complexity index is 788. The summed E-state index contributed by atoms with van der Waals surface area (Å²) in [5.74, 6) is 0.376. The fourth-order valence-electron chi connectivity index (χ4n) is 2.74. The van der Waals surface area contributed by atoms with Gasteiger partial charge in [-0.3, -0.25) is 14.5 Å². The smallest absolute Gasteiger partial charge is 0.268 e. The van der Waals surface area contributed by atoms with Crippen molar-refractivity contribution >= 4 is 17.5 Å². The molecule has 0 spiro atoms. The maximum atomic E-state index is 12.6. The lowest BCUT2D eigenvalue weighted by atomic mass is 10.1. The first-order valence-corrected chi connectivity index (χ1v) is 8.04. The molecule has 25 heavy (non-hydrogen) atoms. The Balaban J connectivity index is 1.73. The van der Waals surface area contributed by atoms with Crippen LogP contribution in [-0.2, 0) is 16.1 Å². The molecular formula is C19H20N2O4. The van der Waals surface area contributed by atoms with E-state index in [9.17, 15) is 14.7 Å². The Kier molecular flexibility index (Phi) is 4.61. The third kappa shape index (κ3) is 3.57. The lowest BCUT2D eigenvalue weighted by molar-refractivity contribution is -0.132. The number of phenolic OH excluding ortho intramolecular Hbond substituents is 1. The summed E-state index contributed by atoms with van der Waals surface area (Å²) in [4.78, 5) is 28.1. The molecule has 6 nitrogen and oxygen atoms in total. The van der Waals surface area contributed by atoms with Crippen molar-refractivity contribution < 1.29 is 19.4 Å². The number of anilines is 1. The Morgan fingerprint density at radius 1 is 1.20 bits per heavy atom. The zero-order valence-corrected chi connectivity index (χ0v) is 14.2. The summed E-state index contributed by atoms with van der Waals surface area (Å²) in [6, 6.07) is 13.9. The predicted molar refractivity (Wildman–Crippen MR) is 93.5 cm³/mol. The highest BCUT2D eigenvalue weighted by Gasteiger charge is 2.33. The molecule has 1 heterocycles. The summed E-state index contributed by atoms with van der Waals surface area (Å²) >= 11 is 0. The Hall–Kier alpha value is -3.02. The summed E-state index contributed by atoms with van der Waals surface area (Å²) in [5, 5.41) is 9.33.